The van der Waals surface area contributed by atoms with Crippen LogP contribution in [0.1, 0.15) is 0 Å². The van der Waals surface area contributed by atoms with Crippen molar-refractivity contribution in [2.24, 2.45) is 5.73 Å². The first kappa shape index (κ1) is 11.0. The molecule has 0 aromatic rings. The largest absolute Gasteiger partial charge is 0.480 e. The molecule has 0 heterocycles. The topological polar surface area (TPSA) is 83.5 Å². The van der Waals surface area contributed by atoms with Gasteiger partial charge in [-0.3, -0.25) is 4.79 Å². The van der Waals surface area contributed by atoms with Crippen LogP contribution in [0, 0.1) is 0 Å². The van der Waals surface area contributed by atoms with Crippen molar-refractivity contribution < 1.29 is 15.0 Å². The lowest BCUT2D eigenvalue weighted by molar-refractivity contribution is -0.139. The number of aliphatic hydroxyl groups is 1. The molecule has 0 spiro atoms. The van der Waals surface area contributed by atoms with Crippen molar-refractivity contribution in [2.45, 2.75) is 6.04 Å². The van der Waals surface area contributed by atoms with Crippen molar-refractivity contribution in [3.05, 3.63) is 0 Å². The lowest BCUT2D eigenvalue weighted by Crippen LogP contribution is -2.33. The molecule has 0 aliphatic rings. The van der Waals surface area contributed by atoms with Gasteiger partial charge in [0, 0.05) is 0 Å². The smallest absolute Gasteiger partial charge is 0.322 e. The minimum absolute atomic E-state index is 0. The Morgan fingerprint density at radius 2 is 2.12 bits per heavy atom. The van der Waals surface area contributed by atoms with E-state index < -0.39 is 18.6 Å². The van der Waals surface area contributed by atoms with Crippen molar-refractivity contribution in [2.75, 3.05) is 6.61 Å². The fourth-order valence-corrected chi connectivity index (χ4v) is 0.0781. The minimum atomic E-state index is -1.18. The first-order chi connectivity index (χ1) is 3.18. The van der Waals surface area contributed by atoms with Crippen molar-refractivity contribution in [1.29, 1.82) is 0 Å². The maximum Gasteiger partial charge on any atom is 0.322 e. The van der Waals surface area contributed by atoms with Gasteiger partial charge < -0.3 is 15.9 Å². The highest BCUT2D eigenvalue weighted by molar-refractivity contribution is 5.75. The van der Waals surface area contributed by atoms with Gasteiger partial charge in [0.2, 0.25) is 0 Å². The number of nitrogens with two attached hydrogens (primary N) is 1. The quantitative estimate of drug-likeness (QED) is 0.361. The summed E-state index contributed by atoms with van der Waals surface area (Å²) in [5, 5.41) is 15.9. The van der Waals surface area contributed by atoms with Gasteiger partial charge in [0.1, 0.15) is 6.04 Å². The molecule has 0 bridgehead atoms. The molecule has 0 saturated carbocycles. The molecule has 0 aliphatic heterocycles. The highest BCUT2D eigenvalue weighted by atomic mass is 24.3. The SMILES string of the molecule is N[C@@H](CO)C(=O)O.[MgH2]. The molecule has 0 aliphatic carbocycles. The fourth-order valence-electron chi connectivity index (χ4n) is 0.0781. The normalized spacial score (nSPS) is 11.8. The molecule has 46 valence electrons. The van der Waals surface area contributed by atoms with Crippen LogP contribution in [0.25, 0.3) is 0 Å². The van der Waals surface area contributed by atoms with E-state index in [1.807, 2.05) is 0 Å². The van der Waals surface area contributed by atoms with E-state index in [-0.39, 0.29) is 23.1 Å². The molecule has 4 N–H and O–H groups in total. The number of hydrogen-bond donors (Lipinski definition) is 3. The van der Waals surface area contributed by atoms with Crippen LogP contribution in [-0.2, 0) is 4.79 Å². The van der Waals surface area contributed by atoms with Crippen molar-refractivity contribution in [3.63, 3.8) is 0 Å². The number of aliphatic hydroxyl groups excluding tert-OH is 1. The number of carboxylic acid groups (broad SMARTS) is 1. The van der Waals surface area contributed by atoms with Crippen LogP contribution < -0.4 is 5.73 Å². The summed E-state index contributed by atoms with van der Waals surface area (Å²) in [6.07, 6.45) is 0. The highest BCUT2D eigenvalue weighted by Gasteiger charge is 2.06. The third-order valence-electron chi connectivity index (χ3n) is 0.514. The predicted octanol–water partition coefficient (Wildman–Crippen LogP) is -2.53. The van der Waals surface area contributed by atoms with Crippen LogP contribution in [0.15, 0.2) is 0 Å². The van der Waals surface area contributed by atoms with Gasteiger partial charge in [-0.1, -0.05) is 0 Å². The number of carbonyl (C=O) groups is 1. The molecule has 8 heavy (non-hydrogen) atoms. The zero-order valence-electron chi connectivity index (χ0n) is 3.66. The van der Waals surface area contributed by atoms with E-state index in [0.29, 0.717) is 0 Å². The van der Waals surface area contributed by atoms with E-state index in [4.69, 9.17) is 15.9 Å². The van der Waals surface area contributed by atoms with Gasteiger partial charge in [-0.05, 0) is 0 Å². The monoisotopic (exact) mass is 131 g/mol. The first-order valence-corrected chi connectivity index (χ1v) is 1.77. The van der Waals surface area contributed by atoms with Crippen LogP contribution >= 0.6 is 0 Å². The van der Waals surface area contributed by atoms with Gasteiger partial charge in [-0.15, -0.1) is 0 Å². The Morgan fingerprint density at radius 1 is 1.75 bits per heavy atom. The van der Waals surface area contributed by atoms with Crippen LogP contribution in [0.2, 0.25) is 0 Å². The number of rotatable bonds is 2. The van der Waals surface area contributed by atoms with E-state index in [9.17, 15) is 4.79 Å². The summed E-state index contributed by atoms with van der Waals surface area (Å²) in [6, 6.07) is -1.13. The first-order valence-electron chi connectivity index (χ1n) is 1.77. The van der Waals surface area contributed by atoms with Gasteiger partial charge in [0.15, 0.2) is 0 Å². The second-order valence-electron chi connectivity index (χ2n) is 1.13. The molecule has 0 amide bonds. The van der Waals surface area contributed by atoms with Crippen LogP contribution in [0.5, 0.6) is 0 Å². The molecule has 5 heteroatoms. The summed E-state index contributed by atoms with van der Waals surface area (Å²) in [5.74, 6) is -1.18. The molecule has 0 unspecified atom stereocenters. The number of carboxylic acids is 1. The third kappa shape index (κ3) is 4.32. The average Bonchev–Trinajstić information content (AvgIpc) is 1.65. The highest BCUT2D eigenvalue weighted by Crippen LogP contribution is 1.71. The fraction of sp³-hybridized carbons (Fsp3) is 0.667. The van der Waals surface area contributed by atoms with Crippen molar-refractivity contribution in [1.82, 2.24) is 0 Å². The molecule has 0 radical (unpaired) electrons. The van der Waals surface area contributed by atoms with E-state index in [2.05, 4.69) is 0 Å². The Morgan fingerprint density at radius 3 is 2.12 bits per heavy atom. The van der Waals surface area contributed by atoms with Gasteiger partial charge >= 0.3 is 29.0 Å². The molecule has 1 atom stereocenters. The maximum atomic E-state index is 9.65. The van der Waals surface area contributed by atoms with E-state index >= 15 is 0 Å². The van der Waals surface area contributed by atoms with Gasteiger partial charge in [-0.2, -0.15) is 0 Å². The summed E-state index contributed by atoms with van der Waals surface area (Å²) in [4.78, 5) is 9.65. The summed E-state index contributed by atoms with van der Waals surface area (Å²) >= 11 is 0. The van der Waals surface area contributed by atoms with E-state index in [1.165, 1.54) is 0 Å². The molecule has 0 aromatic heterocycles. The van der Waals surface area contributed by atoms with E-state index in [0.717, 1.165) is 0 Å². The minimum Gasteiger partial charge on any atom is -0.480 e. The Labute approximate surface area is 62.8 Å². The molecule has 0 fully saturated rings. The lowest BCUT2D eigenvalue weighted by Gasteiger charge is -1.96. The second-order valence-corrected chi connectivity index (χ2v) is 1.13. The third-order valence-corrected chi connectivity index (χ3v) is 0.514. The van der Waals surface area contributed by atoms with Crippen LogP contribution in [0.3, 0.4) is 0 Å². The second kappa shape index (κ2) is 5.30. The standard InChI is InChI=1S/C3H7NO3.Mg.2H/c4-2(1-5)3(6)7;;;/h2,5H,1,4H2,(H,6,7);;;/t2-;;;/m0.../s1. The molecule has 0 saturated heterocycles. The van der Waals surface area contributed by atoms with E-state index in [1.54, 1.807) is 0 Å². The average molecular weight is 131 g/mol. The summed E-state index contributed by atoms with van der Waals surface area (Å²) in [5.41, 5.74) is 4.77. The van der Waals surface area contributed by atoms with Gasteiger partial charge in [0.05, 0.1) is 6.61 Å². The number of hydrogen-bond acceptors (Lipinski definition) is 3. The summed E-state index contributed by atoms with van der Waals surface area (Å²) < 4.78 is 0. The maximum absolute atomic E-state index is 9.65. The van der Waals surface area contributed by atoms with Gasteiger partial charge in [0.25, 0.3) is 0 Å². The number of aliphatic carboxylic acids is 1. The summed E-state index contributed by atoms with van der Waals surface area (Å²) in [6.45, 7) is -0.505. The Bertz CT molecular complexity index is 76.9. The molecule has 4 nitrogen and oxygen atoms in total. The van der Waals surface area contributed by atoms with Gasteiger partial charge in [-0.25, -0.2) is 0 Å². The zero-order chi connectivity index (χ0) is 5.86. The molecule has 0 rings (SSSR count). The Balaban J connectivity index is 0. The van der Waals surface area contributed by atoms with Crippen LogP contribution in [-0.4, -0.2) is 51.9 Å². The predicted molar refractivity (Wildman–Crippen MR) is 31.2 cm³/mol. The molecular formula is C3H9MgNO3. The zero-order valence-corrected chi connectivity index (χ0v) is 3.66. The lowest BCUT2D eigenvalue weighted by atomic mass is 10.3. The Kier molecular flexibility index (Phi) is 7.30. The Hall–Kier alpha value is 0.156. The van der Waals surface area contributed by atoms with Crippen molar-refractivity contribution in [3.8, 4) is 0 Å². The van der Waals surface area contributed by atoms with Crippen LogP contribution in [0.4, 0.5) is 0 Å². The summed E-state index contributed by atoms with van der Waals surface area (Å²) in [7, 11) is 0. The van der Waals surface area contributed by atoms with Crippen molar-refractivity contribution >= 4 is 29.0 Å². The molecular weight excluding hydrogens is 122 g/mol. The molecule has 0 aromatic carbocycles.